The Balaban J connectivity index is 2.17. The maximum absolute atomic E-state index is 13.8. The van der Waals surface area contributed by atoms with Gasteiger partial charge in [0.2, 0.25) is 0 Å². The van der Waals surface area contributed by atoms with E-state index in [1.807, 2.05) is 6.07 Å². The van der Waals surface area contributed by atoms with Gasteiger partial charge in [-0.2, -0.15) is 18.4 Å². The molecule has 1 N–H and O–H groups in total. The van der Waals surface area contributed by atoms with Crippen LogP contribution in [0.3, 0.4) is 0 Å². The molecule has 132 valence electrons. The first kappa shape index (κ1) is 17.4. The molecule has 2 unspecified atom stereocenters. The van der Waals surface area contributed by atoms with Crippen LogP contribution in [0.15, 0.2) is 17.3 Å². The fourth-order valence-electron chi connectivity index (χ4n) is 3.38. The second-order valence-corrected chi connectivity index (χ2v) is 6.18. The smallest absolute Gasteiger partial charge is 0.411 e. The van der Waals surface area contributed by atoms with E-state index in [1.54, 1.807) is 0 Å². The van der Waals surface area contributed by atoms with Crippen LogP contribution in [0.2, 0.25) is 5.02 Å². The molecule has 6 nitrogen and oxygen atoms in total. The van der Waals surface area contributed by atoms with Crippen LogP contribution < -0.4 is 4.90 Å². The molecule has 0 bridgehead atoms. The zero-order valence-electron chi connectivity index (χ0n) is 12.9. The summed E-state index contributed by atoms with van der Waals surface area (Å²) in [4.78, 5) is 14.3. The average Bonchev–Trinajstić information content (AvgIpc) is 3.08. The van der Waals surface area contributed by atoms with E-state index in [0.717, 1.165) is 4.90 Å². The zero-order valence-corrected chi connectivity index (χ0v) is 13.6. The molecule has 10 heteroatoms. The van der Waals surface area contributed by atoms with Gasteiger partial charge in [-0.25, -0.2) is 4.79 Å². The molecule has 2 atom stereocenters. The van der Waals surface area contributed by atoms with Gasteiger partial charge in [-0.05, 0) is 24.6 Å². The monoisotopic (exact) mass is 372 g/mol. The minimum Gasteiger partial charge on any atom is -0.411 e. The van der Waals surface area contributed by atoms with Gasteiger partial charge in [0.05, 0.1) is 22.0 Å². The average molecular weight is 373 g/mol. The Morgan fingerprint density at radius 3 is 2.68 bits per heavy atom. The van der Waals surface area contributed by atoms with Crippen molar-refractivity contribution in [1.29, 1.82) is 5.26 Å². The SMILES string of the molecule is Cc1c(N2C(=O)N3CCC(=NO)C3C2C(F)(F)F)ccc(C#N)c1Cl. The van der Waals surface area contributed by atoms with Crippen LogP contribution in [0.25, 0.3) is 0 Å². The first-order valence-electron chi connectivity index (χ1n) is 7.29. The van der Waals surface area contributed by atoms with Gasteiger partial charge in [-0.1, -0.05) is 16.8 Å². The topological polar surface area (TPSA) is 79.9 Å². The van der Waals surface area contributed by atoms with E-state index < -0.39 is 24.3 Å². The second kappa shape index (κ2) is 5.81. The number of urea groups is 1. The van der Waals surface area contributed by atoms with Crippen molar-refractivity contribution in [1.82, 2.24) is 4.90 Å². The fourth-order valence-corrected chi connectivity index (χ4v) is 3.58. The molecule has 2 aliphatic heterocycles. The number of halogens is 4. The molecule has 0 saturated carbocycles. The van der Waals surface area contributed by atoms with E-state index in [0.29, 0.717) is 4.90 Å². The summed E-state index contributed by atoms with van der Waals surface area (Å²) in [5, 5.41) is 20.9. The molecule has 2 amide bonds. The number of carbonyl (C=O) groups excluding carboxylic acids is 1. The van der Waals surface area contributed by atoms with Crippen LogP contribution in [0.5, 0.6) is 0 Å². The molecule has 1 aromatic rings. The predicted molar refractivity (Wildman–Crippen MR) is 83.0 cm³/mol. The Kier molecular flexibility index (Phi) is 4.03. The number of carbonyl (C=O) groups is 1. The van der Waals surface area contributed by atoms with Crippen molar-refractivity contribution >= 4 is 29.0 Å². The quantitative estimate of drug-likeness (QED) is 0.606. The van der Waals surface area contributed by atoms with Crippen LogP contribution in [0.4, 0.5) is 23.7 Å². The number of fused-ring (bicyclic) bond motifs is 1. The second-order valence-electron chi connectivity index (χ2n) is 5.80. The summed E-state index contributed by atoms with van der Waals surface area (Å²) in [6.45, 7) is 1.48. The van der Waals surface area contributed by atoms with E-state index in [9.17, 15) is 18.0 Å². The highest BCUT2D eigenvalue weighted by molar-refractivity contribution is 6.33. The third-order valence-corrected chi connectivity index (χ3v) is 5.00. The molecule has 3 rings (SSSR count). The van der Waals surface area contributed by atoms with Crippen molar-refractivity contribution in [2.24, 2.45) is 5.16 Å². The Morgan fingerprint density at radius 2 is 2.12 bits per heavy atom. The molecule has 2 saturated heterocycles. The first-order valence-corrected chi connectivity index (χ1v) is 7.66. The van der Waals surface area contributed by atoms with Crippen LogP contribution in [0.1, 0.15) is 17.5 Å². The van der Waals surface area contributed by atoms with Gasteiger partial charge in [0, 0.05) is 13.0 Å². The van der Waals surface area contributed by atoms with Crippen LogP contribution in [-0.2, 0) is 0 Å². The number of hydrogen-bond acceptors (Lipinski definition) is 4. The molecular weight excluding hydrogens is 361 g/mol. The lowest BCUT2D eigenvalue weighted by molar-refractivity contribution is -0.147. The van der Waals surface area contributed by atoms with E-state index >= 15 is 0 Å². The summed E-state index contributed by atoms with van der Waals surface area (Å²) in [6, 6.07) is -0.0309. The van der Waals surface area contributed by atoms with Crippen molar-refractivity contribution in [3.05, 3.63) is 28.3 Å². The number of nitrogens with zero attached hydrogens (tertiary/aromatic N) is 4. The van der Waals surface area contributed by atoms with Crippen LogP contribution in [-0.4, -0.2) is 46.7 Å². The number of amides is 2. The molecule has 1 aromatic carbocycles. The van der Waals surface area contributed by atoms with Gasteiger partial charge in [-0.15, -0.1) is 0 Å². The summed E-state index contributed by atoms with van der Waals surface area (Å²) in [5.41, 5.74) is 0.196. The van der Waals surface area contributed by atoms with Gasteiger partial charge in [-0.3, -0.25) is 4.90 Å². The molecule has 25 heavy (non-hydrogen) atoms. The molecule has 2 aliphatic rings. The Morgan fingerprint density at radius 1 is 1.44 bits per heavy atom. The number of rotatable bonds is 1. The standard InChI is InChI=1S/C15H12ClF3N4O2/c1-7-10(3-2-8(6-20)11(7)16)23-13(15(17,18)19)12-9(21-25)4-5-22(12)14(23)24/h2-3,12-13,25H,4-5H2,1H3. The van der Waals surface area contributed by atoms with Crippen molar-refractivity contribution in [3.63, 3.8) is 0 Å². The fraction of sp³-hybridized carbons (Fsp3) is 0.400. The highest BCUT2D eigenvalue weighted by atomic mass is 35.5. The molecule has 0 radical (unpaired) electrons. The van der Waals surface area contributed by atoms with E-state index in [4.69, 9.17) is 22.1 Å². The lowest BCUT2D eigenvalue weighted by atomic mass is 10.0. The summed E-state index contributed by atoms with van der Waals surface area (Å²) in [7, 11) is 0. The van der Waals surface area contributed by atoms with Crippen LogP contribution >= 0.6 is 11.6 Å². The third-order valence-electron chi connectivity index (χ3n) is 4.52. The molecule has 0 aromatic heterocycles. The van der Waals surface area contributed by atoms with Gasteiger partial charge in [0.25, 0.3) is 0 Å². The number of hydrogen-bond donors (Lipinski definition) is 1. The maximum atomic E-state index is 13.8. The number of benzene rings is 1. The predicted octanol–water partition coefficient (Wildman–Crippen LogP) is 3.30. The summed E-state index contributed by atoms with van der Waals surface area (Å²) < 4.78 is 41.3. The molecule has 0 spiro atoms. The van der Waals surface area contributed by atoms with E-state index in [1.165, 1.54) is 19.1 Å². The van der Waals surface area contributed by atoms with Crippen molar-refractivity contribution in [2.75, 3.05) is 11.4 Å². The molecule has 0 aliphatic carbocycles. The maximum Gasteiger partial charge on any atom is 0.411 e. The number of oxime groups is 1. The Hall–Kier alpha value is -2.47. The third kappa shape index (κ3) is 2.48. The van der Waals surface area contributed by atoms with E-state index in [-0.39, 0.29) is 40.5 Å². The molecule has 2 fully saturated rings. The van der Waals surface area contributed by atoms with Crippen LogP contribution in [0, 0.1) is 18.3 Å². The Bertz CT molecular complexity index is 818. The normalized spacial score (nSPS) is 24.8. The van der Waals surface area contributed by atoms with Gasteiger partial charge < -0.3 is 10.1 Å². The highest BCUT2D eigenvalue weighted by Gasteiger charge is 2.62. The van der Waals surface area contributed by atoms with Gasteiger partial charge in [0.15, 0.2) is 6.04 Å². The van der Waals surface area contributed by atoms with Crippen molar-refractivity contribution in [2.45, 2.75) is 31.6 Å². The molecule has 2 heterocycles. The highest BCUT2D eigenvalue weighted by Crippen LogP contribution is 2.43. The number of nitriles is 1. The minimum absolute atomic E-state index is 0.00293. The minimum atomic E-state index is -4.75. The number of alkyl halides is 3. The molecular formula is C15H12ClF3N4O2. The van der Waals surface area contributed by atoms with E-state index in [2.05, 4.69) is 5.16 Å². The summed E-state index contributed by atoms with van der Waals surface area (Å²) >= 11 is 6.04. The summed E-state index contributed by atoms with van der Waals surface area (Å²) in [6.07, 6.45) is -4.66. The van der Waals surface area contributed by atoms with Gasteiger partial charge in [0.1, 0.15) is 12.1 Å². The zero-order chi connectivity index (χ0) is 18.5. The van der Waals surface area contributed by atoms with Crippen molar-refractivity contribution in [3.8, 4) is 6.07 Å². The van der Waals surface area contributed by atoms with Crippen molar-refractivity contribution < 1.29 is 23.2 Å². The summed E-state index contributed by atoms with van der Waals surface area (Å²) in [5.74, 6) is 0. The lowest BCUT2D eigenvalue weighted by Gasteiger charge is -2.29. The van der Waals surface area contributed by atoms with Gasteiger partial charge >= 0.3 is 12.2 Å². The largest absolute Gasteiger partial charge is 0.411 e. The lowest BCUT2D eigenvalue weighted by Crippen LogP contribution is -2.50. The first-order chi connectivity index (χ1) is 11.7. The Labute approximate surface area is 145 Å². The number of anilines is 1.